The van der Waals surface area contributed by atoms with Crippen molar-refractivity contribution in [3.63, 3.8) is 0 Å². The Kier molecular flexibility index (Phi) is 4.56. The molecule has 21 heavy (non-hydrogen) atoms. The van der Waals surface area contributed by atoms with Crippen LogP contribution in [0, 0.1) is 0 Å². The van der Waals surface area contributed by atoms with Gasteiger partial charge in [0.15, 0.2) is 5.69 Å². The second-order valence-corrected chi connectivity index (χ2v) is 4.87. The zero-order chi connectivity index (χ0) is 15.4. The van der Waals surface area contributed by atoms with Crippen molar-refractivity contribution in [3.8, 4) is 0 Å². The van der Waals surface area contributed by atoms with Gasteiger partial charge >= 0.3 is 11.9 Å². The van der Waals surface area contributed by atoms with Crippen LogP contribution < -0.4 is 5.32 Å². The van der Waals surface area contributed by atoms with Gasteiger partial charge in [-0.05, 0) is 19.3 Å². The van der Waals surface area contributed by atoms with Crippen LogP contribution in [-0.4, -0.2) is 41.3 Å². The summed E-state index contributed by atoms with van der Waals surface area (Å²) in [4.78, 5) is 34.0. The maximum Gasteiger partial charge on any atom is 0.326 e. The number of carbonyl (C=O) groups excluding carboxylic acids is 2. The molecule has 1 aliphatic carbocycles. The second-order valence-electron chi connectivity index (χ2n) is 4.87. The molecule has 0 aromatic carbocycles. The van der Waals surface area contributed by atoms with Crippen LogP contribution in [0.15, 0.2) is 10.6 Å². The largest absolute Gasteiger partial charge is 0.480 e. The Bertz CT molecular complexity index is 549. The first-order chi connectivity index (χ1) is 10.0. The highest BCUT2D eigenvalue weighted by Crippen LogP contribution is 2.40. The third kappa shape index (κ3) is 4.04. The average molecular weight is 296 g/mol. The van der Waals surface area contributed by atoms with E-state index in [-0.39, 0.29) is 18.5 Å². The van der Waals surface area contributed by atoms with Gasteiger partial charge in [0, 0.05) is 18.4 Å². The van der Waals surface area contributed by atoms with Crippen molar-refractivity contribution in [2.24, 2.45) is 0 Å². The lowest BCUT2D eigenvalue weighted by atomic mass is 10.1. The quantitative estimate of drug-likeness (QED) is 0.710. The summed E-state index contributed by atoms with van der Waals surface area (Å²) in [6.45, 7) is 0. The molecule has 2 rings (SSSR count). The number of aliphatic carboxylic acids is 1. The smallest absolute Gasteiger partial charge is 0.326 e. The Morgan fingerprint density at radius 3 is 2.81 bits per heavy atom. The van der Waals surface area contributed by atoms with Crippen LogP contribution in [-0.2, 0) is 14.3 Å². The molecule has 8 nitrogen and oxygen atoms in total. The van der Waals surface area contributed by atoms with E-state index >= 15 is 0 Å². The van der Waals surface area contributed by atoms with E-state index < -0.39 is 23.9 Å². The highest BCUT2D eigenvalue weighted by Gasteiger charge is 2.30. The van der Waals surface area contributed by atoms with E-state index in [1.807, 2.05) is 0 Å². The van der Waals surface area contributed by atoms with Crippen LogP contribution in [0.3, 0.4) is 0 Å². The second kappa shape index (κ2) is 6.38. The van der Waals surface area contributed by atoms with Gasteiger partial charge in [-0.3, -0.25) is 9.59 Å². The number of ether oxygens (including phenoxy) is 1. The zero-order valence-corrected chi connectivity index (χ0v) is 11.5. The fraction of sp³-hybridized carbons (Fsp3) is 0.538. The highest BCUT2D eigenvalue weighted by atomic mass is 16.5. The molecule has 8 heteroatoms. The number of aromatic nitrogens is 1. The summed E-state index contributed by atoms with van der Waals surface area (Å²) >= 11 is 0. The third-order valence-electron chi connectivity index (χ3n) is 3.21. The summed E-state index contributed by atoms with van der Waals surface area (Å²) in [6, 6.07) is 0.337. The van der Waals surface area contributed by atoms with Gasteiger partial charge in [-0.25, -0.2) is 4.79 Å². The van der Waals surface area contributed by atoms with Crippen molar-refractivity contribution in [2.45, 2.75) is 37.6 Å². The summed E-state index contributed by atoms with van der Waals surface area (Å²) in [5, 5.41) is 15.0. The third-order valence-corrected chi connectivity index (χ3v) is 3.21. The van der Waals surface area contributed by atoms with E-state index in [2.05, 4.69) is 15.2 Å². The zero-order valence-electron chi connectivity index (χ0n) is 11.5. The normalized spacial score (nSPS) is 15.3. The van der Waals surface area contributed by atoms with Crippen LogP contribution >= 0.6 is 0 Å². The van der Waals surface area contributed by atoms with E-state index in [1.54, 1.807) is 0 Å². The van der Waals surface area contributed by atoms with Gasteiger partial charge in [-0.1, -0.05) is 5.16 Å². The molecule has 1 atom stereocenters. The minimum atomic E-state index is -1.22. The molecular weight excluding hydrogens is 280 g/mol. The maximum absolute atomic E-state index is 11.9. The number of amides is 1. The lowest BCUT2D eigenvalue weighted by molar-refractivity contribution is -0.142. The summed E-state index contributed by atoms with van der Waals surface area (Å²) in [6.07, 6.45) is 1.86. The molecule has 114 valence electrons. The fourth-order valence-corrected chi connectivity index (χ4v) is 1.81. The van der Waals surface area contributed by atoms with Gasteiger partial charge in [0.05, 0.1) is 7.11 Å². The molecule has 1 aliphatic rings. The van der Waals surface area contributed by atoms with Crippen molar-refractivity contribution in [2.75, 3.05) is 7.11 Å². The maximum atomic E-state index is 11.9. The number of hydrogen-bond donors (Lipinski definition) is 2. The van der Waals surface area contributed by atoms with E-state index in [0.717, 1.165) is 12.8 Å². The van der Waals surface area contributed by atoms with E-state index in [9.17, 15) is 14.4 Å². The standard InChI is InChI=1S/C13H16N2O6/c1-20-11(16)5-4-8(13(18)19)14-12(17)9-6-10(21-15-9)7-2-3-7/h6-8H,2-5H2,1H3,(H,14,17)(H,18,19)/t8-/m0/s1. The van der Waals surface area contributed by atoms with E-state index in [1.165, 1.54) is 13.2 Å². The molecule has 1 heterocycles. The van der Waals surface area contributed by atoms with Crippen molar-refractivity contribution in [1.82, 2.24) is 10.5 Å². The van der Waals surface area contributed by atoms with E-state index in [0.29, 0.717) is 11.7 Å². The van der Waals surface area contributed by atoms with E-state index in [4.69, 9.17) is 9.63 Å². The van der Waals surface area contributed by atoms with Crippen molar-refractivity contribution >= 4 is 17.8 Å². The Labute approximate surface area is 120 Å². The molecule has 1 aromatic rings. The lowest BCUT2D eigenvalue weighted by Gasteiger charge is -2.12. The first-order valence-corrected chi connectivity index (χ1v) is 6.58. The summed E-state index contributed by atoms with van der Waals surface area (Å²) in [5.41, 5.74) is 0.0428. The minimum Gasteiger partial charge on any atom is -0.480 e. The Morgan fingerprint density at radius 2 is 2.24 bits per heavy atom. The van der Waals surface area contributed by atoms with Crippen LogP contribution in [0.25, 0.3) is 0 Å². The van der Waals surface area contributed by atoms with Crippen LogP contribution in [0.1, 0.15) is 47.8 Å². The first-order valence-electron chi connectivity index (χ1n) is 6.58. The summed E-state index contributed by atoms with van der Waals surface area (Å²) in [7, 11) is 1.21. The van der Waals surface area contributed by atoms with Crippen LogP contribution in [0.2, 0.25) is 0 Å². The SMILES string of the molecule is COC(=O)CC[C@H](NC(=O)c1cc(C2CC2)on1)C(=O)O. The molecule has 0 radical (unpaired) electrons. The van der Waals surface area contributed by atoms with Gasteiger partial charge in [-0.2, -0.15) is 0 Å². The number of nitrogens with one attached hydrogen (secondary N) is 1. The number of hydrogen-bond acceptors (Lipinski definition) is 6. The average Bonchev–Trinajstić information content (AvgIpc) is 3.19. The Balaban J connectivity index is 1.93. The number of esters is 1. The molecule has 0 bridgehead atoms. The Hall–Kier alpha value is -2.38. The van der Waals surface area contributed by atoms with Crippen molar-refractivity contribution in [1.29, 1.82) is 0 Å². The molecule has 1 fully saturated rings. The van der Waals surface area contributed by atoms with Gasteiger partial charge in [0.25, 0.3) is 5.91 Å². The predicted molar refractivity (Wildman–Crippen MR) is 68.6 cm³/mol. The molecule has 1 aromatic heterocycles. The number of rotatable bonds is 7. The molecule has 0 aliphatic heterocycles. The number of carboxylic acid groups (broad SMARTS) is 1. The van der Waals surface area contributed by atoms with Gasteiger partial charge in [0.1, 0.15) is 11.8 Å². The molecule has 0 unspecified atom stereocenters. The molecule has 1 amide bonds. The van der Waals surface area contributed by atoms with Crippen molar-refractivity contribution in [3.05, 3.63) is 17.5 Å². The fourth-order valence-electron chi connectivity index (χ4n) is 1.81. The summed E-state index contributed by atoms with van der Waals surface area (Å²) < 4.78 is 9.47. The number of methoxy groups -OCH3 is 1. The van der Waals surface area contributed by atoms with Crippen LogP contribution in [0.5, 0.6) is 0 Å². The van der Waals surface area contributed by atoms with Gasteiger partial charge in [0.2, 0.25) is 0 Å². The summed E-state index contributed by atoms with van der Waals surface area (Å²) in [5.74, 6) is -1.44. The molecule has 1 saturated carbocycles. The monoisotopic (exact) mass is 296 g/mol. The van der Waals surface area contributed by atoms with Crippen LogP contribution in [0.4, 0.5) is 0 Å². The lowest BCUT2D eigenvalue weighted by Crippen LogP contribution is -2.41. The molecule has 2 N–H and O–H groups in total. The highest BCUT2D eigenvalue weighted by molar-refractivity contribution is 5.95. The van der Waals surface area contributed by atoms with Gasteiger partial charge in [-0.15, -0.1) is 0 Å². The van der Waals surface area contributed by atoms with Crippen molar-refractivity contribution < 1.29 is 28.8 Å². The number of carbonyl (C=O) groups is 3. The van der Waals surface area contributed by atoms with Gasteiger partial charge < -0.3 is 19.7 Å². The number of nitrogens with zero attached hydrogens (tertiary/aromatic N) is 1. The number of carboxylic acids is 1. The minimum absolute atomic E-state index is 0.0428. The molecule has 0 spiro atoms. The first kappa shape index (κ1) is 15.0. The topological polar surface area (TPSA) is 119 Å². The Morgan fingerprint density at radius 1 is 1.52 bits per heavy atom. The predicted octanol–water partition coefficient (Wildman–Crippen LogP) is 0.688. The molecule has 0 saturated heterocycles. The molecular formula is C13H16N2O6.